The Kier molecular flexibility index (Phi) is 4.31. The van der Waals surface area contributed by atoms with Crippen molar-refractivity contribution in [1.29, 1.82) is 0 Å². The molecule has 1 saturated heterocycles. The van der Waals surface area contributed by atoms with Gasteiger partial charge in [0, 0.05) is 31.0 Å². The van der Waals surface area contributed by atoms with E-state index >= 15 is 0 Å². The van der Waals surface area contributed by atoms with Crippen LogP contribution in [0, 0.1) is 18.2 Å². The van der Waals surface area contributed by atoms with Gasteiger partial charge in [0.05, 0.1) is 10.4 Å². The van der Waals surface area contributed by atoms with Crippen molar-refractivity contribution < 1.29 is 9.50 Å². The van der Waals surface area contributed by atoms with Gasteiger partial charge in [-0.3, -0.25) is 0 Å². The molecular weight excluding hydrogens is 349 g/mol. The number of halogens is 1. The number of benzene rings is 1. The van der Waals surface area contributed by atoms with Crippen LogP contribution in [0.25, 0.3) is 21.0 Å². The van der Waals surface area contributed by atoms with E-state index in [-0.39, 0.29) is 5.56 Å². The third-order valence-corrected chi connectivity index (χ3v) is 5.53. The summed E-state index contributed by atoms with van der Waals surface area (Å²) < 4.78 is 13.9. The molecule has 0 unspecified atom stereocenters. The number of phenolic OH excluding ortho intramolecular Hbond substituents is 1. The minimum absolute atomic E-state index is 0.134. The number of phenols is 1. The molecule has 6 heteroatoms. The molecule has 4 nitrogen and oxygen atoms in total. The van der Waals surface area contributed by atoms with Crippen molar-refractivity contribution in [3.63, 3.8) is 0 Å². The molecule has 0 saturated carbocycles. The number of hydrogen-bond donors (Lipinski definition) is 1. The lowest BCUT2D eigenvalue weighted by Gasteiger charge is -2.16. The van der Waals surface area contributed by atoms with Crippen LogP contribution in [0.5, 0.6) is 5.75 Å². The van der Waals surface area contributed by atoms with Crippen LogP contribution in [0.4, 0.5) is 10.2 Å². The van der Waals surface area contributed by atoms with E-state index in [0.717, 1.165) is 34.4 Å². The highest BCUT2D eigenvalue weighted by atomic mass is 32.1. The number of anilines is 1. The van der Waals surface area contributed by atoms with Crippen LogP contribution in [-0.4, -0.2) is 28.2 Å². The molecule has 0 radical (unpaired) electrons. The van der Waals surface area contributed by atoms with Gasteiger partial charge in [0.2, 0.25) is 0 Å². The van der Waals surface area contributed by atoms with Crippen LogP contribution < -0.4 is 4.90 Å². The Bertz CT molecular complexity index is 1000. The molecule has 0 amide bonds. The molecule has 1 aliphatic rings. The molecule has 130 valence electrons. The zero-order chi connectivity index (χ0) is 18.1. The lowest BCUT2D eigenvalue weighted by Crippen LogP contribution is -2.18. The van der Waals surface area contributed by atoms with Crippen LogP contribution in [0.1, 0.15) is 18.4 Å². The first-order chi connectivity index (χ1) is 12.7. The number of terminal acetylenes is 1. The summed E-state index contributed by atoms with van der Waals surface area (Å²) in [6, 6.07) is 6.83. The Morgan fingerprint density at radius 1 is 1.15 bits per heavy atom. The minimum Gasteiger partial charge on any atom is -0.504 e. The first kappa shape index (κ1) is 16.6. The summed E-state index contributed by atoms with van der Waals surface area (Å²) in [5, 5.41) is 10.5. The van der Waals surface area contributed by atoms with Crippen molar-refractivity contribution in [2.75, 3.05) is 18.0 Å². The smallest absolute Gasteiger partial charge is 0.167 e. The maximum absolute atomic E-state index is 13.9. The highest BCUT2D eigenvalue weighted by Gasteiger charge is 2.16. The third-order valence-electron chi connectivity index (χ3n) is 4.43. The standard InChI is InChI=1S/C20H16FN3OS/c1-2-13-9-15(10-16(21)19(13)25)17-12-23-20(26-17)14-5-6-22-18(11-14)24-7-3-4-8-24/h1,5-6,9-12,25H,3-4,7-8H2. The fraction of sp³-hybridized carbons (Fsp3) is 0.200. The molecule has 0 spiro atoms. The molecule has 1 fully saturated rings. The van der Waals surface area contributed by atoms with Gasteiger partial charge in [0.1, 0.15) is 10.8 Å². The summed E-state index contributed by atoms with van der Waals surface area (Å²) in [7, 11) is 0. The second kappa shape index (κ2) is 6.77. The maximum Gasteiger partial charge on any atom is 0.167 e. The monoisotopic (exact) mass is 365 g/mol. The maximum atomic E-state index is 13.9. The zero-order valence-electron chi connectivity index (χ0n) is 13.9. The predicted octanol–water partition coefficient (Wildman–Crippen LogP) is 4.30. The summed E-state index contributed by atoms with van der Waals surface area (Å²) >= 11 is 1.45. The van der Waals surface area contributed by atoms with Crippen LogP contribution in [0.2, 0.25) is 0 Å². The summed E-state index contributed by atoms with van der Waals surface area (Å²) in [4.78, 5) is 12.0. The van der Waals surface area contributed by atoms with Gasteiger partial charge in [-0.25, -0.2) is 14.4 Å². The number of aromatic hydroxyl groups is 1. The lowest BCUT2D eigenvalue weighted by atomic mass is 10.1. The zero-order valence-corrected chi connectivity index (χ0v) is 14.8. The van der Waals surface area contributed by atoms with E-state index in [0.29, 0.717) is 5.56 Å². The Morgan fingerprint density at radius 3 is 2.73 bits per heavy atom. The highest BCUT2D eigenvalue weighted by molar-refractivity contribution is 7.18. The number of pyridine rings is 1. The molecule has 3 heterocycles. The fourth-order valence-corrected chi connectivity index (χ4v) is 3.96. The van der Waals surface area contributed by atoms with Crippen molar-refractivity contribution in [1.82, 2.24) is 9.97 Å². The number of nitrogens with zero attached hydrogens (tertiary/aromatic N) is 3. The third kappa shape index (κ3) is 3.02. The van der Waals surface area contributed by atoms with E-state index in [2.05, 4.69) is 20.8 Å². The number of rotatable bonds is 3. The molecule has 4 rings (SSSR count). The Labute approximate surface area is 155 Å². The normalized spacial score (nSPS) is 13.8. The van der Waals surface area contributed by atoms with E-state index in [4.69, 9.17) is 6.42 Å². The average Bonchev–Trinajstić information content (AvgIpc) is 3.36. The number of thiazole rings is 1. The fourth-order valence-electron chi connectivity index (χ4n) is 3.06. The molecule has 1 N–H and O–H groups in total. The molecule has 0 atom stereocenters. The molecule has 1 aromatic carbocycles. The summed E-state index contributed by atoms with van der Waals surface area (Å²) in [6.45, 7) is 2.06. The van der Waals surface area contributed by atoms with Crippen LogP contribution >= 0.6 is 11.3 Å². The first-order valence-electron chi connectivity index (χ1n) is 8.32. The molecule has 2 aromatic heterocycles. The van der Waals surface area contributed by atoms with Gasteiger partial charge >= 0.3 is 0 Å². The van der Waals surface area contributed by atoms with E-state index < -0.39 is 11.6 Å². The second-order valence-electron chi connectivity index (χ2n) is 6.13. The largest absolute Gasteiger partial charge is 0.504 e. The van der Waals surface area contributed by atoms with Crippen molar-refractivity contribution in [3.05, 3.63) is 48.0 Å². The van der Waals surface area contributed by atoms with E-state index in [1.165, 1.54) is 30.2 Å². The van der Waals surface area contributed by atoms with E-state index in [1.54, 1.807) is 18.5 Å². The van der Waals surface area contributed by atoms with Gasteiger partial charge in [-0.1, -0.05) is 5.92 Å². The summed E-state index contributed by atoms with van der Waals surface area (Å²) in [5.41, 5.74) is 1.72. The number of hydrogen-bond acceptors (Lipinski definition) is 5. The Balaban J connectivity index is 1.68. The molecule has 0 bridgehead atoms. The van der Waals surface area contributed by atoms with Crippen LogP contribution in [-0.2, 0) is 0 Å². The van der Waals surface area contributed by atoms with Gasteiger partial charge in [-0.05, 0) is 42.7 Å². The summed E-state index contributed by atoms with van der Waals surface area (Å²) in [5.74, 6) is 2.04. The van der Waals surface area contributed by atoms with Gasteiger partial charge in [-0.15, -0.1) is 17.8 Å². The predicted molar refractivity (Wildman–Crippen MR) is 102 cm³/mol. The van der Waals surface area contributed by atoms with Crippen molar-refractivity contribution in [2.24, 2.45) is 0 Å². The van der Waals surface area contributed by atoms with E-state index in [1.807, 2.05) is 12.1 Å². The molecule has 0 aliphatic carbocycles. The van der Waals surface area contributed by atoms with Crippen molar-refractivity contribution in [3.8, 4) is 39.1 Å². The number of aromatic nitrogens is 2. The molecule has 1 aliphatic heterocycles. The Morgan fingerprint density at radius 2 is 1.96 bits per heavy atom. The van der Waals surface area contributed by atoms with Crippen molar-refractivity contribution in [2.45, 2.75) is 12.8 Å². The topological polar surface area (TPSA) is 49.2 Å². The lowest BCUT2D eigenvalue weighted by molar-refractivity contribution is 0.431. The minimum atomic E-state index is -0.731. The second-order valence-corrected chi connectivity index (χ2v) is 7.16. The van der Waals surface area contributed by atoms with E-state index in [9.17, 15) is 9.50 Å². The molecule has 26 heavy (non-hydrogen) atoms. The van der Waals surface area contributed by atoms with Crippen molar-refractivity contribution >= 4 is 17.2 Å². The van der Waals surface area contributed by atoms with Crippen LogP contribution in [0.3, 0.4) is 0 Å². The van der Waals surface area contributed by atoms with Gasteiger partial charge < -0.3 is 10.0 Å². The first-order valence-corrected chi connectivity index (χ1v) is 9.14. The average molecular weight is 365 g/mol. The summed E-state index contributed by atoms with van der Waals surface area (Å²) in [6.07, 6.45) is 11.2. The quantitative estimate of drug-likeness (QED) is 0.703. The SMILES string of the molecule is C#Cc1cc(-c2cnc(-c3ccnc(N4CCCC4)c3)s2)cc(F)c1O. The van der Waals surface area contributed by atoms with Gasteiger partial charge in [0.15, 0.2) is 11.6 Å². The highest BCUT2D eigenvalue weighted by Crippen LogP contribution is 2.35. The molecule has 3 aromatic rings. The van der Waals surface area contributed by atoms with Gasteiger partial charge in [0.25, 0.3) is 0 Å². The van der Waals surface area contributed by atoms with Crippen LogP contribution in [0.15, 0.2) is 36.7 Å². The Hall–Kier alpha value is -2.91. The molecular formula is C20H16FN3OS. The van der Waals surface area contributed by atoms with Gasteiger partial charge in [-0.2, -0.15) is 0 Å².